The van der Waals surface area contributed by atoms with Crippen LogP contribution in [-0.4, -0.2) is 26.0 Å². The first kappa shape index (κ1) is 20.7. The van der Waals surface area contributed by atoms with Crippen LogP contribution in [0.4, 0.5) is 0 Å². The van der Waals surface area contributed by atoms with Gasteiger partial charge in [0.1, 0.15) is 12.3 Å². The predicted octanol–water partition coefficient (Wildman–Crippen LogP) is 4.75. The molecule has 0 saturated carbocycles. The normalized spacial score (nSPS) is 12.7. The molecule has 0 bridgehead atoms. The minimum atomic E-state index is -0.929. The lowest BCUT2D eigenvalue weighted by atomic mass is 9.79. The number of phenolic OH excluding ortho intramolecular Hbond substituents is 1. The van der Waals surface area contributed by atoms with Crippen molar-refractivity contribution < 1.29 is 15.0 Å². The van der Waals surface area contributed by atoms with Gasteiger partial charge in [0.15, 0.2) is 0 Å². The Morgan fingerprint density at radius 1 is 1.07 bits per heavy atom. The van der Waals surface area contributed by atoms with Gasteiger partial charge in [-0.1, -0.05) is 59.8 Å². The van der Waals surface area contributed by atoms with E-state index in [4.69, 9.17) is 5.11 Å². The number of aromatic hydroxyl groups is 1. The predicted molar refractivity (Wildman–Crippen MR) is 109 cm³/mol. The van der Waals surface area contributed by atoms with Crippen molar-refractivity contribution in [3.63, 3.8) is 0 Å². The highest BCUT2D eigenvalue weighted by Gasteiger charge is 2.24. The first-order valence-corrected chi connectivity index (χ1v) is 9.11. The summed E-state index contributed by atoms with van der Waals surface area (Å²) in [6, 6.07) is 4.10. The number of carboxylic acid groups (broad SMARTS) is 1. The molecule has 0 aliphatic carbocycles. The number of hydrogen-bond donors (Lipinski definition) is 2. The van der Waals surface area contributed by atoms with Gasteiger partial charge in [-0.15, -0.1) is 0 Å². The van der Waals surface area contributed by atoms with Crippen molar-refractivity contribution in [1.82, 2.24) is 9.78 Å². The molecule has 0 spiro atoms. The lowest BCUT2D eigenvalue weighted by molar-refractivity contribution is -0.137. The smallest absolute Gasteiger partial charge is 0.325 e. The summed E-state index contributed by atoms with van der Waals surface area (Å²) in [4.78, 5) is 10.9. The van der Waals surface area contributed by atoms with Gasteiger partial charge in [0.25, 0.3) is 0 Å². The van der Waals surface area contributed by atoms with Crippen LogP contribution in [0.1, 0.15) is 69.5 Å². The van der Waals surface area contributed by atoms with Gasteiger partial charge in [0, 0.05) is 22.4 Å². The van der Waals surface area contributed by atoms with Crippen LogP contribution in [0, 0.1) is 6.92 Å². The Morgan fingerprint density at radius 3 is 2.19 bits per heavy atom. The summed E-state index contributed by atoms with van der Waals surface area (Å²) in [5, 5.41) is 23.9. The van der Waals surface area contributed by atoms with Crippen LogP contribution in [0.15, 0.2) is 18.3 Å². The van der Waals surface area contributed by atoms with Crippen LogP contribution in [0.25, 0.3) is 12.2 Å². The molecule has 1 aromatic carbocycles. The molecule has 0 saturated heterocycles. The van der Waals surface area contributed by atoms with Crippen LogP contribution in [-0.2, 0) is 22.2 Å². The SMILES string of the molecule is Cc1c(C=Cc2cc(C(C)(C)C)cc(C(C)(C)C)c2O)cnn1CC(=O)O. The van der Waals surface area contributed by atoms with E-state index >= 15 is 0 Å². The van der Waals surface area contributed by atoms with Gasteiger partial charge in [-0.3, -0.25) is 9.48 Å². The monoisotopic (exact) mass is 370 g/mol. The van der Waals surface area contributed by atoms with E-state index < -0.39 is 5.97 Å². The molecule has 2 rings (SSSR count). The number of nitrogens with zero attached hydrogens (tertiary/aromatic N) is 2. The van der Waals surface area contributed by atoms with E-state index in [1.165, 1.54) is 4.68 Å². The molecule has 1 heterocycles. The summed E-state index contributed by atoms with van der Waals surface area (Å²) in [5.74, 6) is -0.649. The highest BCUT2D eigenvalue weighted by atomic mass is 16.4. The molecule has 5 heteroatoms. The maximum Gasteiger partial charge on any atom is 0.325 e. The second-order valence-electron chi connectivity index (χ2n) is 9.03. The second kappa shape index (κ2) is 7.22. The van der Waals surface area contributed by atoms with E-state index in [-0.39, 0.29) is 23.1 Å². The first-order chi connectivity index (χ1) is 12.3. The fourth-order valence-electron chi connectivity index (χ4n) is 2.88. The Labute approximate surface area is 161 Å². The van der Waals surface area contributed by atoms with Gasteiger partial charge in [0.05, 0.1) is 6.20 Å². The molecule has 0 aliphatic heterocycles. The van der Waals surface area contributed by atoms with Gasteiger partial charge in [-0.05, 0) is 29.4 Å². The van der Waals surface area contributed by atoms with Crippen LogP contribution in [0.2, 0.25) is 0 Å². The number of benzene rings is 1. The third kappa shape index (κ3) is 4.79. The van der Waals surface area contributed by atoms with Crippen LogP contribution in [0.5, 0.6) is 5.75 Å². The molecule has 0 atom stereocenters. The molecule has 2 aromatic rings. The first-order valence-electron chi connectivity index (χ1n) is 9.11. The van der Waals surface area contributed by atoms with E-state index in [2.05, 4.69) is 52.7 Å². The molecule has 5 nitrogen and oxygen atoms in total. The van der Waals surface area contributed by atoms with Crippen LogP contribution >= 0.6 is 0 Å². The maximum atomic E-state index is 10.9. The number of carboxylic acids is 1. The van der Waals surface area contributed by atoms with E-state index in [0.717, 1.165) is 27.9 Å². The second-order valence-corrected chi connectivity index (χ2v) is 9.03. The molecule has 0 unspecified atom stereocenters. The average molecular weight is 370 g/mol. The van der Waals surface area contributed by atoms with Crippen LogP contribution < -0.4 is 0 Å². The minimum absolute atomic E-state index is 0.0431. The van der Waals surface area contributed by atoms with Crippen LogP contribution in [0.3, 0.4) is 0 Å². The van der Waals surface area contributed by atoms with Crippen molar-refractivity contribution in [2.75, 3.05) is 0 Å². The molecular weight excluding hydrogens is 340 g/mol. The largest absolute Gasteiger partial charge is 0.507 e. The number of aliphatic carboxylic acids is 1. The van der Waals surface area contributed by atoms with Crippen molar-refractivity contribution in [3.05, 3.63) is 46.3 Å². The summed E-state index contributed by atoms with van der Waals surface area (Å²) >= 11 is 0. The van der Waals surface area contributed by atoms with Gasteiger partial charge >= 0.3 is 5.97 Å². The average Bonchev–Trinajstić information content (AvgIpc) is 2.84. The molecule has 0 radical (unpaired) electrons. The zero-order valence-electron chi connectivity index (χ0n) is 17.3. The number of rotatable bonds is 4. The maximum absolute atomic E-state index is 10.9. The van der Waals surface area contributed by atoms with E-state index in [9.17, 15) is 9.90 Å². The standard InChI is InChI=1S/C22H30N2O3/c1-14-16(12-23-24(14)13-19(25)26)9-8-15-10-17(21(2,3)4)11-18(20(15)27)22(5,6)7/h8-12,27H,13H2,1-7H3,(H,25,26). The van der Waals surface area contributed by atoms with E-state index in [1.54, 1.807) is 6.20 Å². The summed E-state index contributed by atoms with van der Waals surface area (Å²) < 4.78 is 1.45. The molecule has 0 aliphatic rings. The Kier molecular flexibility index (Phi) is 5.55. The zero-order valence-corrected chi connectivity index (χ0v) is 17.3. The highest BCUT2D eigenvalue weighted by Crippen LogP contribution is 2.38. The Bertz CT molecular complexity index is 878. The lowest BCUT2D eigenvalue weighted by Crippen LogP contribution is -2.17. The molecular formula is C22H30N2O3. The molecule has 0 amide bonds. The molecule has 0 fully saturated rings. The minimum Gasteiger partial charge on any atom is -0.507 e. The topological polar surface area (TPSA) is 75.4 Å². The zero-order chi connectivity index (χ0) is 20.6. The molecule has 146 valence electrons. The van der Waals surface area contributed by atoms with Gasteiger partial charge in [-0.2, -0.15) is 5.10 Å². The quantitative estimate of drug-likeness (QED) is 0.814. The van der Waals surface area contributed by atoms with Gasteiger partial charge in [-0.25, -0.2) is 0 Å². The van der Waals surface area contributed by atoms with Gasteiger partial charge in [0.2, 0.25) is 0 Å². The van der Waals surface area contributed by atoms with Crippen molar-refractivity contribution in [2.24, 2.45) is 0 Å². The van der Waals surface area contributed by atoms with E-state index in [1.807, 2.05) is 25.1 Å². The Hall–Kier alpha value is -2.56. The molecule has 2 N–H and O–H groups in total. The fourth-order valence-corrected chi connectivity index (χ4v) is 2.88. The Morgan fingerprint density at radius 2 is 1.67 bits per heavy atom. The summed E-state index contributed by atoms with van der Waals surface area (Å²) in [7, 11) is 0. The summed E-state index contributed by atoms with van der Waals surface area (Å²) in [6.07, 6.45) is 5.38. The molecule has 1 aromatic heterocycles. The Balaban J connectivity index is 2.51. The number of phenols is 1. The number of carbonyl (C=O) groups is 1. The van der Waals surface area contributed by atoms with Gasteiger partial charge < -0.3 is 10.2 Å². The summed E-state index contributed by atoms with van der Waals surface area (Å²) in [6.45, 7) is 14.4. The van der Waals surface area contributed by atoms with Crippen molar-refractivity contribution in [2.45, 2.75) is 65.8 Å². The number of hydrogen-bond acceptors (Lipinski definition) is 3. The highest BCUT2D eigenvalue weighted by molar-refractivity contribution is 5.75. The third-order valence-electron chi connectivity index (χ3n) is 4.68. The number of aromatic nitrogens is 2. The van der Waals surface area contributed by atoms with Crippen molar-refractivity contribution in [3.8, 4) is 5.75 Å². The molecule has 27 heavy (non-hydrogen) atoms. The fraction of sp³-hybridized carbons (Fsp3) is 0.455. The van der Waals surface area contributed by atoms with E-state index in [0.29, 0.717) is 0 Å². The van der Waals surface area contributed by atoms with Crippen molar-refractivity contribution >= 4 is 18.1 Å². The third-order valence-corrected chi connectivity index (χ3v) is 4.68. The summed E-state index contributed by atoms with van der Waals surface area (Å²) in [5.41, 5.74) is 4.19. The van der Waals surface area contributed by atoms with Crippen molar-refractivity contribution in [1.29, 1.82) is 0 Å². The lowest BCUT2D eigenvalue weighted by Gasteiger charge is -2.27.